The van der Waals surface area contributed by atoms with E-state index in [2.05, 4.69) is 17.1 Å². The Balaban J connectivity index is 1.52. The van der Waals surface area contributed by atoms with E-state index >= 15 is 0 Å². The summed E-state index contributed by atoms with van der Waals surface area (Å²) in [7, 11) is 0. The first-order valence-electron chi connectivity index (χ1n) is 10.2. The number of anilines is 1. The maximum absolute atomic E-state index is 12.4. The summed E-state index contributed by atoms with van der Waals surface area (Å²) in [6.45, 7) is 5.07. The molecular weight excluding hydrogens is 328 g/mol. The van der Waals surface area contributed by atoms with E-state index in [4.69, 9.17) is 9.47 Å². The van der Waals surface area contributed by atoms with Crippen LogP contribution in [-0.2, 0) is 4.74 Å². The van der Waals surface area contributed by atoms with Gasteiger partial charge in [-0.05, 0) is 75.9 Å². The van der Waals surface area contributed by atoms with Crippen molar-refractivity contribution in [3.8, 4) is 5.75 Å². The first-order chi connectivity index (χ1) is 12.8. The molecule has 1 aromatic carbocycles. The minimum absolute atomic E-state index is 0.00834. The number of carbonyl (C=O) groups excluding carboxylic acids is 1. The molecule has 1 saturated carbocycles. The van der Waals surface area contributed by atoms with Gasteiger partial charge in [0.2, 0.25) is 0 Å². The number of hydrogen-bond acceptors (Lipinski definition) is 4. The normalized spacial score (nSPS) is 24.0. The van der Waals surface area contributed by atoms with Gasteiger partial charge >= 0.3 is 6.09 Å². The van der Waals surface area contributed by atoms with Crippen LogP contribution in [0.1, 0.15) is 58.3 Å². The molecule has 1 amide bonds. The minimum Gasteiger partial charge on any atom is -0.494 e. The highest BCUT2D eigenvalue weighted by atomic mass is 16.6. The largest absolute Gasteiger partial charge is 0.494 e. The van der Waals surface area contributed by atoms with Gasteiger partial charge in [0.05, 0.1) is 6.61 Å². The lowest BCUT2D eigenvalue weighted by molar-refractivity contribution is 0.00174. The van der Waals surface area contributed by atoms with Crippen LogP contribution in [0.3, 0.4) is 0 Å². The molecule has 1 aliphatic carbocycles. The summed E-state index contributed by atoms with van der Waals surface area (Å²) < 4.78 is 11.4. The van der Waals surface area contributed by atoms with Crippen molar-refractivity contribution in [2.45, 2.75) is 70.4 Å². The van der Waals surface area contributed by atoms with Gasteiger partial charge in [-0.2, -0.15) is 0 Å². The van der Waals surface area contributed by atoms with E-state index in [1.54, 1.807) is 0 Å². The number of benzene rings is 1. The van der Waals surface area contributed by atoms with Crippen molar-refractivity contribution < 1.29 is 14.3 Å². The Morgan fingerprint density at radius 1 is 1.08 bits per heavy atom. The third-order valence-electron chi connectivity index (χ3n) is 5.36. The topological polar surface area (TPSA) is 50.8 Å². The molecule has 0 bridgehead atoms. The van der Waals surface area contributed by atoms with Crippen molar-refractivity contribution in [1.29, 1.82) is 0 Å². The fourth-order valence-corrected chi connectivity index (χ4v) is 4.02. The number of hydrogen-bond donors (Lipinski definition) is 1. The molecule has 1 aromatic rings. The second kappa shape index (κ2) is 9.81. The van der Waals surface area contributed by atoms with Crippen LogP contribution in [0.25, 0.3) is 0 Å². The molecule has 2 fully saturated rings. The summed E-state index contributed by atoms with van der Waals surface area (Å²) in [5.74, 6) is 0.822. The number of piperidine rings is 1. The van der Waals surface area contributed by atoms with Crippen molar-refractivity contribution in [3.63, 3.8) is 0 Å². The number of nitrogens with one attached hydrogen (secondary N) is 1. The highest BCUT2D eigenvalue weighted by Gasteiger charge is 2.33. The monoisotopic (exact) mass is 360 g/mol. The van der Waals surface area contributed by atoms with Crippen LogP contribution in [0.15, 0.2) is 24.3 Å². The molecule has 2 aliphatic rings. The molecule has 1 N–H and O–H groups in total. The van der Waals surface area contributed by atoms with E-state index in [-0.39, 0.29) is 12.2 Å². The zero-order chi connectivity index (χ0) is 18.2. The van der Waals surface area contributed by atoms with Gasteiger partial charge in [-0.25, -0.2) is 4.79 Å². The minimum atomic E-state index is -0.346. The first kappa shape index (κ1) is 19.0. The second-order valence-electron chi connectivity index (χ2n) is 7.39. The van der Waals surface area contributed by atoms with Crippen molar-refractivity contribution in [2.75, 3.05) is 25.0 Å². The van der Waals surface area contributed by atoms with Gasteiger partial charge in [-0.1, -0.05) is 19.8 Å². The van der Waals surface area contributed by atoms with Crippen molar-refractivity contribution in [2.24, 2.45) is 0 Å². The van der Waals surface area contributed by atoms with Crippen molar-refractivity contribution in [3.05, 3.63) is 24.3 Å². The lowest BCUT2D eigenvalue weighted by Crippen LogP contribution is -2.49. The Bertz CT molecular complexity index is 555. The maximum Gasteiger partial charge on any atom is 0.411 e. The van der Waals surface area contributed by atoms with Gasteiger partial charge in [0.1, 0.15) is 11.9 Å². The van der Waals surface area contributed by atoms with Crippen molar-refractivity contribution in [1.82, 2.24) is 4.90 Å². The Hall–Kier alpha value is -1.75. The average Bonchev–Trinajstić information content (AvgIpc) is 2.68. The van der Waals surface area contributed by atoms with Crippen LogP contribution in [0.2, 0.25) is 0 Å². The predicted molar refractivity (Wildman–Crippen MR) is 104 cm³/mol. The van der Waals surface area contributed by atoms with E-state index in [0.717, 1.165) is 50.2 Å². The van der Waals surface area contributed by atoms with Gasteiger partial charge in [-0.3, -0.25) is 10.2 Å². The maximum atomic E-state index is 12.4. The molecule has 2 unspecified atom stereocenters. The molecule has 0 aromatic heterocycles. The summed E-state index contributed by atoms with van der Waals surface area (Å²) in [6, 6.07) is 7.86. The van der Waals surface area contributed by atoms with Gasteiger partial charge in [0.25, 0.3) is 0 Å². The third-order valence-corrected chi connectivity index (χ3v) is 5.36. The standard InChI is InChI=1S/C21H32N2O3/c1-2-16-25-18-12-10-17(11-13-18)22-21(24)26-20-9-5-4-8-19(20)23-14-6-3-7-15-23/h10-13,19-20H,2-9,14-16H2,1H3,(H,22,24). The molecule has 1 heterocycles. The Kier molecular flexibility index (Phi) is 7.18. The lowest BCUT2D eigenvalue weighted by atomic mass is 9.90. The molecule has 1 aliphatic heterocycles. The summed E-state index contributed by atoms with van der Waals surface area (Å²) in [5, 5.41) is 2.86. The first-order valence-corrected chi connectivity index (χ1v) is 10.2. The summed E-state index contributed by atoms with van der Waals surface area (Å²) in [5.41, 5.74) is 0.740. The van der Waals surface area contributed by atoms with Gasteiger partial charge in [0.15, 0.2) is 0 Å². The highest BCUT2D eigenvalue weighted by Crippen LogP contribution is 2.28. The molecule has 26 heavy (non-hydrogen) atoms. The van der Waals surface area contributed by atoms with Crippen molar-refractivity contribution >= 4 is 11.8 Å². The molecule has 144 valence electrons. The quantitative estimate of drug-likeness (QED) is 0.790. The number of amides is 1. The zero-order valence-electron chi connectivity index (χ0n) is 15.9. The van der Waals surface area contributed by atoms with Gasteiger partial charge in [0, 0.05) is 11.7 Å². The van der Waals surface area contributed by atoms with E-state index in [0.29, 0.717) is 12.6 Å². The zero-order valence-corrected chi connectivity index (χ0v) is 15.9. The van der Waals surface area contributed by atoms with Crippen LogP contribution >= 0.6 is 0 Å². The summed E-state index contributed by atoms with van der Waals surface area (Å²) in [6.07, 6.45) is 8.99. The Labute approximate surface area is 157 Å². The number of rotatable bonds is 6. The van der Waals surface area contributed by atoms with Crippen LogP contribution in [0.5, 0.6) is 5.75 Å². The highest BCUT2D eigenvalue weighted by molar-refractivity contribution is 5.84. The number of likely N-dealkylation sites (tertiary alicyclic amines) is 1. The van der Waals surface area contributed by atoms with Gasteiger partial charge in [-0.15, -0.1) is 0 Å². The molecular formula is C21H32N2O3. The van der Waals surface area contributed by atoms with E-state index in [1.165, 1.54) is 25.7 Å². The average molecular weight is 360 g/mol. The van der Waals surface area contributed by atoms with Crippen LogP contribution in [0, 0.1) is 0 Å². The molecule has 0 spiro atoms. The predicted octanol–water partition coefficient (Wildman–Crippen LogP) is 4.82. The SMILES string of the molecule is CCCOc1ccc(NC(=O)OC2CCCCC2N2CCCCC2)cc1. The van der Waals surface area contributed by atoms with E-state index < -0.39 is 0 Å². The number of carbonyl (C=O) groups is 1. The molecule has 5 nitrogen and oxygen atoms in total. The van der Waals surface area contributed by atoms with Gasteiger partial charge < -0.3 is 9.47 Å². The van der Waals surface area contributed by atoms with Crippen LogP contribution < -0.4 is 10.1 Å². The Morgan fingerprint density at radius 3 is 2.54 bits per heavy atom. The second-order valence-corrected chi connectivity index (χ2v) is 7.39. The summed E-state index contributed by atoms with van der Waals surface area (Å²) in [4.78, 5) is 14.9. The van der Waals surface area contributed by atoms with Crippen LogP contribution in [-0.4, -0.2) is 42.8 Å². The number of ether oxygens (including phenoxy) is 2. The molecule has 2 atom stereocenters. The molecule has 1 saturated heterocycles. The molecule has 3 rings (SSSR count). The van der Waals surface area contributed by atoms with E-state index in [1.807, 2.05) is 24.3 Å². The Morgan fingerprint density at radius 2 is 1.81 bits per heavy atom. The lowest BCUT2D eigenvalue weighted by Gasteiger charge is -2.41. The smallest absolute Gasteiger partial charge is 0.411 e. The third kappa shape index (κ3) is 5.37. The molecule has 0 radical (unpaired) electrons. The number of nitrogens with zero attached hydrogens (tertiary/aromatic N) is 1. The summed E-state index contributed by atoms with van der Waals surface area (Å²) >= 11 is 0. The van der Waals surface area contributed by atoms with E-state index in [9.17, 15) is 4.79 Å². The fourth-order valence-electron chi connectivity index (χ4n) is 4.02. The fraction of sp³-hybridized carbons (Fsp3) is 0.667. The van der Waals surface area contributed by atoms with Crippen LogP contribution in [0.4, 0.5) is 10.5 Å². The molecule has 5 heteroatoms.